The molecule has 10 heteroatoms. The number of carboxylic acids is 1. The van der Waals surface area contributed by atoms with Gasteiger partial charge in [-0.25, -0.2) is 14.8 Å². The van der Waals surface area contributed by atoms with Crippen LogP contribution in [0.15, 0.2) is 18.6 Å². The number of anilines is 1. The van der Waals surface area contributed by atoms with Crippen LogP contribution in [0.1, 0.15) is 127 Å². The maximum absolute atomic E-state index is 13.9. The second kappa shape index (κ2) is 12.3. The number of aliphatic carboxylic acids is 1. The maximum atomic E-state index is 13.9. The predicted molar refractivity (Wildman–Crippen MR) is 190 cm³/mol. The van der Waals surface area contributed by atoms with Gasteiger partial charge in [0, 0.05) is 24.0 Å². The van der Waals surface area contributed by atoms with Crippen molar-refractivity contribution in [3.8, 4) is 0 Å². The minimum absolute atomic E-state index is 0.00347. The number of amides is 2. The number of nitrogens with one attached hydrogen (secondary N) is 2. The molecule has 6 rings (SSSR count). The largest absolute Gasteiger partial charge is 0.481 e. The molecule has 0 aliphatic heterocycles. The molecule has 5 aliphatic rings. The number of hydrogen-bond acceptors (Lipinski definition) is 7. The molecule has 0 radical (unpaired) electrons. The van der Waals surface area contributed by atoms with E-state index >= 15 is 0 Å². The third kappa shape index (κ3) is 5.56. The molecule has 50 heavy (non-hydrogen) atoms. The van der Waals surface area contributed by atoms with Gasteiger partial charge in [-0.1, -0.05) is 48.5 Å². The van der Waals surface area contributed by atoms with E-state index in [9.17, 15) is 24.3 Å². The Balaban J connectivity index is 1.26. The fourth-order valence-corrected chi connectivity index (χ4v) is 13.0. The molecule has 0 saturated heterocycles. The van der Waals surface area contributed by atoms with Gasteiger partial charge in [-0.05, 0) is 117 Å². The zero-order valence-corrected chi connectivity index (χ0v) is 31.7. The highest BCUT2D eigenvalue weighted by molar-refractivity contribution is 5.92. The highest BCUT2D eigenvalue weighted by Gasteiger charge is 2.72. The number of carbonyl (C=O) groups is 4. The molecule has 276 valence electrons. The van der Waals surface area contributed by atoms with Crippen LogP contribution < -0.4 is 10.6 Å². The number of Topliss-reactive ketones (excluding diaryl/α,β-unsaturated/α-hetero) is 1. The zero-order valence-electron chi connectivity index (χ0n) is 31.7. The summed E-state index contributed by atoms with van der Waals surface area (Å²) in [6.07, 6.45) is 10.7. The molecule has 0 bridgehead atoms. The molecule has 5 saturated carbocycles. The molecule has 10 atom stereocenters. The second-order valence-electron chi connectivity index (χ2n) is 19.1. The van der Waals surface area contributed by atoms with Crippen LogP contribution in [-0.4, -0.2) is 50.5 Å². The van der Waals surface area contributed by atoms with Crippen molar-refractivity contribution in [1.29, 1.82) is 0 Å². The van der Waals surface area contributed by atoms with E-state index in [1.807, 2.05) is 0 Å². The van der Waals surface area contributed by atoms with E-state index < -0.39 is 22.9 Å². The SMILES string of the molecule is CC(C)C1C(=O)CC2(NC(=O)Nc3ccncn3)CC[C@]3(C)C(CCC4C5(C)CCC(OC(=O)CC(C)(C)C(=O)O)C(C)(C)C5CCC43C)C12. The number of hydrogen-bond donors (Lipinski definition) is 3. The van der Waals surface area contributed by atoms with Crippen molar-refractivity contribution >= 4 is 29.6 Å². The van der Waals surface area contributed by atoms with Gasteiger partial charge in [-0.3, -0.25) is 19.7 Å². The van der Waals surface area contributed by atoms with E-state index in [2.05, 4.69) is 69.1 Å². The first kappa shape index (κ1) is 36.7. The van der Waals surface area contributed by atoms with Gasteiger partial charge in [-0.2, -0.15) is 0 Å². The van der Waals surface area contributed by atoms with Gasteiger partial charge < -0.3 is 15.2 Å². The molecule has 0 spiro atoms. The molecule has 5 aliphatic carbocycles. The number of carbonyl (C=O) groups excluding carboxylic acids is 3. The lowest BCUT2D eigenvalue weighted by molar-refractivity contribution is -0.247. The van der Waals surface area contributed by atoms with Gasteiger partial charge in [-0.15, -0.1) is 0 Å². The van der Waals surface area contributed by atoms with Crippen LogP contribution in [0.5, 0.6) is 0 Å². The first-order valence-corrected chi connectivity index (χ1v) is 19.0. The highest BCUT2D eigenvalue weighted by atomic mass is 16.5. The van der Waals surface area contributed by atoms with Crippen molar-refractivity contribution in [2.75, 3.05) is 5.32 Å². The standard InChI is InChI=1S/C40H60N4O6/c1-23(2)31-25(45)20-40(44-34(49)43-29-14-19-41-22-42-29)18-17-38(8)24(32(31)40)10-11-27-37(7)15-13-28(50-30(46)21-35(3,4)33(47)48)36(5,6)26(37)12-16-39(27,38)9/h14,19,22-24,26-28,31-32H,10-13,15-18,20-21H2,1-9H3,(H,47,48)(H2,41,42,43,44,49)/t24?,26?,27?,28?,31?,32?,37?,38-,39?,40?/m1/s1. The average molecular weight is 693 g/mol. The molecule has 9 unspecified atom stereocenters. The summed E-state index contributed by atoms with van der Waals surface area (Å²) in [6, 6.07) is 1.36. The summed E-state index contributed by atoms with van der Waals surface area (Å²) in [5.41, 5.74) is -1.90. The molecule has 5 fully saturated rings. The van der Waals surface area contributed by atoms with Crippen molar-refractivity contribution in [2.45, 2.75) is 138 Å². The Morgan fingerprint density at radius 2 is 1.70 bits per heavy atom. The minimum Gasteiger partial charge on any atom is -0.481 e. The van der Waals surface area contributed by atoms with Crippen molar-refractivity contribution in [1.82, 2.24) is 15.3 Å². The summed E-state index contributed by atoms with van der Waals surface area (Å²) in [5.74, 6) is 0.585. The molecule has 10 nitrogen and oxygen atoms in total. The third-order valence-electron chi connectivity index (χ3n) is 15.6. The average Bonchev–Trinajstić information content (AvgIpc) is 3.30. The summed E-state index contributed by atoms with van der Waals surface area (Å²) in [7, 11) is 0. The van der Waals surface area contributed by atoms with Crippen molar-refractivity contribution in [2.24, 2.45) is 62.6 Å². The first-order chi connectivity index (χ1) is 23.2. The van der Waals surface area contributed by atoms with E-state index in [4.69, 9.17) is 4.74 Å². The normalized spacial score (nSPS) is 40.5. The van der Waals surface area contributed by atoms with Crippen LogP contribution >= 0.6 is 0 Å². The van der Waals surface area contributed by atoms with Gasteiger partial charge >= 0.3 is 18.0 Å². The Hall–Kier alpha value is -3.04. The summed E-state index contributed by atoms with van der Waals surface area (Å²) < 4.78 is 6.14. The second-order valence-corrected chi connectivity index (χ2v) is 19.1. The summed E-state index contributed by atoms with van der Waals surface area (Å²) in [6.45, 7) is 19.6. The monoisotopic (exact) mass is 692 g/mol. The fraction of sp³-hybridized carbons (Fsp3) is 0.800. The van der Waals surface area contributed by atoms with E-state index in [-0.39, 0.29) is 63.8 Å². The Morgan fingerprint density at radius 1 is 0.980 bits per heavy atom. The van der Waals surface area contributed by atoms with Gasteiger partial charge in [0.2, 0.25) is 0 Å². The van der Waals surface area contributed by atoms with Gasteiger partial charge in [0.25, 0.3) is 0 Å². The van der Waals surface area contributed by atoms with Crippen LogP contribution in [0.2, 0.25) is 0 Å². The summed E-state index contributed by atoms with van der Waals surface area (Å²) >= 11 is 0. The Morgan fingerprint density at radius 3 is 2.34 bits per heavy atom. The Bertz CT molecular complexity index is 1530. The topological polar surface area (TPSA) is 148 Å². The third-order valence-corrected chi connectivity index (χ3v) is 15.6. The highest BCUT2D eigenvalue weighted by Crippen LogP contribution is 2.76. The van der Waals surface area contributed by atoms with Crippen LogP contribution in [0.25, 0.3) is 0 Å². The molecule has 1 aromatic rings. The maximum Gasteiger partial charge on any atom is 0.320 e. The predicted octanol–water partition coefficient (Wildman–Crippen LogP) is 7.68. The number of urea groups is 1. The van der Waals surface area contributed by atoms with Crippen LogP contribution in [0.4, 0.5) is 10.6 Å². The van der Waals surface area contributed by atoms with E-state index in [0.717, 1.165) is 51.4 Å². The number of carboxylic acid groups (broad SMARTS) is 1. The lowest BCUT2D eigenvalue weighted by atomic mass is 9.32. The van der Waals surface area contributed by atoms with Gasteiger partial charge in [0.15, 0.2) is 0 Å². The number of fused-ring (bicyclic) bond motifs is 7. The number of rotatable bonds is 7. The van der Waals surface area contributed by atoms with Crippen LogP contribution in [0, 0.1) is 62.6 Å². The Labute approximate surface area is 298 Å². The molecule has 3 N–H and O–H groups in total. The number of ketones is 1. The number of ether oxygens (including phenoxy) is 1. The number of aromatic nitrogens is 2. The van der Waals surface area contributed by atoms with Gasteiger partial charge in [0.1, 0.15) is 24.0 Å². The molecular formula is C40H60N4O6. The zero-order chi connectivity index (χ0) is 36.7. The summed E-state index contributed by atoms with van der Waals surface area (Å²) in [4.78, 5) is 60.4. The smallest absolute Gasteiger partial charge is 0.320 e. The van der Waals surface area contributed by atoms with Gasteiger partial charge in [0.05, 0.1) is 17.4 Å². The van der Waals surface area contributed by atoms with Crippen molar-refractivity contribution in [3.05, 3.63) is 18.6 Å². The Kier molecular flexibility index (Phi) is 9.03. The van der Waals surface area contributed by atoms with Crippen molar-refractivity contribution in [3.63, 3.8) is 0 Å². The van der Waals surface area contributed by atoms with Crippen molar-refractivity contribution < 1.29 is 29.0 Å². The number of nitrogens with zero attached hydrogens (tertiary/aromatic N) is 2. The lowest BCUT2D eigenvalue weighted by Gasteiger charge is -2.73. The van der Waals surface area contributed by atoms with E-state index in [1.165, 1.54) is 6.33 Å². The lowest BCUT2D eigenvalue weighted by Crippen LogP contribution is -2.69. The quantitative estimate of drug-likeness (QED) is 0.247. The molecular weight excluding hydrogens is 632 g/mol. The first-order valence-electron chi connectivity index (χ1n) is 19.0. The van der Waals surface area contributed by atoms with Crippen LogP contribution in [0.3, 0.4) is 0 Å². The summed E-state index contributed by atoms with van der Waals surface area (Å²) in [5, 5.41) is 15.9. The minimum atomic E-state index is -1.17. The van der Waals surface area contributed by atoms with E-state index in [0.29, 0.717) is 30.0 Å². The number of esters is 1. The molecule has 2 amide bonds. The fourth-order valence-electron chi connectivity index (χ4n) is 13.0. The molecule has 0 aromatic carbocycles. The molecule has 1 heterocycles. The van der Waals surface area contributed by atoms with E-state index in [1.54, 1.807) is 26.1 Å². The molecule has 1 aromatic heterocycles. The van der Waals surface area contributed by atoms with Crippen LogP contribution in [-0.2, 0) is 19.1 Å².